The van der Waals surface area contributed by atoms with Gasteiger partial charge in [0.25, 0.3) is 11.8 Å². The summed E-state index contributed by atoms with van der Waals surface area (Å²) >= 11 is 0. The zero-order valence-corrected chi connectivity index (χ0v) is 8.05. The molecule has 1 aromatic carbocycles. The van der Waals surface area contributed by atoms with E-state index in [1.807, 2.05) is 0 Å². The maximum atomic E-state index is 13.6. The third-order valence-electron chi connectivity index (χ3n) is 1.89. The highest BCUT2D eigenvalue weighted by molar-refractivity contribution is 5.60. The van der Waals surface area contributed by atoms with Crippen LogP contribution >= 0.6 is 0 Å². The molecule has 0 amide bonds. The highest BCUT2D eigenvalue weighted by Crippen LogP contribution is 2.29. The Balaban J connectivity index is 2.66. The van der Waals surface area contributed by atoms with Crippen LogP contribution in [-0.2, 0) is 0 Å². The molecule has 0 fully saturated rings. The molecule has 1 aromatic heterocycles. The molecule has 0 saturated heterocycles. The number of hydrogen-bond acceptors (Lipinski definition) is 6. The third-order valence-corrected chi connectivity index (χ3v) is 1.89. The van der Waals surface area contributed by atoms with Gasteiger partial charge in [-0.3, -0.25) is 10.1 Å². The summed E-state index contributed by atoms with van der Waals surface area (Å²) in [5.41, 5.74) is 3.61. The van der Waals surface area contributed by atoms with Crippen LogP contribution in [0.3, 0.4) is 0 Å². The van der Waals surface area contributed by atoms with Gasteiger partial charge in [-0.05, 0) is 11.2 Å². The van der Waals surface area contributed by atoms with Crippen molar-refractivity contribution in [3.8, 4) is 11.5 Å². The largest absolute Gasteiger partial charge is 0.365 e. The van der Waals surface area contributed by atoms with Crippen molar-refractivity contribution in [1.82, 2.24) is 10.1 Å². The van der Waals surface area contributed by atoms with E-state index in [2.05, 4.69) is 14.7 Å². The molecule has 2 N–H and O–H groups in total. The van der Waals surface area contributed by atoms with Gasteiger partial charge in [-0.25, -0.2) is 4.39 Å². The van der Waals surface area contributed by atoms with Gasteiger partial charge in [0, 0.05) is 0 Å². The van der Waals surface area contributed by atoms with Gasteiger partial charge in [0.1, 0.15) is 5.82 Å². The van der Waals surface area contributed by atoms with Crippen LogP contribution in [0.5, 0.6) is 0 Å². The fourth-order valence-electron chi connectivity index (χ4n) is 1.21. The van der Waals surface area contributed by atoms with E-state index in [0.29, 0.717) is 12.1 Å². The summed E-state index contributed by atoms with van der Waals surface area (Å²) in [6.07, 6.45) is 0. The number of nitro groups is 1. The maximum Gasteiger partial charge on any atom is 0.308 e. The molecule has 0 bridgehead atoms. The second kappa shape index (κ2) is 3.77. The van der Waals surface area contributed by atoms with Crippen molar-refractivity contribution in [3.63, 3.8) is 0 Å². The number of nitrogens with two attached hydrogens (primary N) is 1. The van der Waals surface area contributed by atoms with E-state index >= 15 is 0 Å². The van der Waals surface area contributed by atoms with Crippen molar-refractivity contribution in [2.45, 2.75) is 0 Å². The third kappa shape index (κ3) is 1.89. The number of aromatic nitrogens is 2. The molecule has 1 heterocycles. The van der Waals surface area contributed by atoms with Gasteiger partial charge in [0.15, 0.2) is 0 Å². The van der Waals surface area contributed by atoms with Crippen LogP contribution in [0.15, 0.2) is 16.7 Å². The Morgan fingerprint density at radius 2 is 2.12 bits per heavy atom. The first-order valence-corrected chi connectivity index (χ1v) is 4.22. The van der Waals surface area contributed by atoms with Crippen LogP contribution in [0.2, 0.25) is 0 Å². The summed E-state index contributed by atoms with van der Waals surface area (Å²) in [6, 6.07) is 1.16. The quantitative estimate of drug-likeness (QED) is 0.631. The lowest BCUT2D eigenvalue weighted by Gasteiger charge is -1.99. The fraction of sp³-hybridized carbons (Fsp3) is 0. The van der Waals surface area contributed by atoms with Gasteiger partial charge in [-0.15, -0.1) is 0 Å². The molecule has 0 unspecified atom stereocenters. The summed E-state index contributed by atoms with van der Waals surface area (Å²) in [7, 11) is 0. The summed E-state index contributed by atoms with van der Waals surface area (Å²) in [5.74, 6) is -2.97. The number of nitrogens with zero attached hydrogens (tertiary/aromatic N) is 3. The zero-order valence-electron chi connectivity index (χ0n) is 8.05. The van der Waals surface area contributed by atoms with Gasteiger partial charge in [-0.1, -0.05) is 0 Å². The monoisotopic (exact) mass is 242 g/mol. The van der Waals surface area contributed by atoms with Gasteiger partial charge >= 0.3 is 5.69 Å². The highest BCUT2D eigenvalue weighted by Gasteiger charge is 2.24. The Kier molecular flexibility index (Phi) is 2.42. The van der Waals surface area contributed by atoms with Crippen molar-refractivity contribution >= 4 is 11.6 Å². The van der Waals surface area contributed by atoms with Crippen molar-refractivity contribution in [3.05, 3.63) is 33.9 Å². The molecule has 88 valence electrons. The maximum absolute atomic E-state index is 13.6. The van der Waals surface area contributed by atoms with E-state index in [9.17, 15) is 18.9 Å². The van der Waals surface area contributed by atoms with Gasteiger partial charge in [0.05, 0.1) is 16.6 Å². The molecule has 17 heavy (non-hydrogen) atoms. The van der Waals surface area contributed by atoms with Crippen LogP contribution in [0.25, 0.3) is 11.5 Å². The Bertz CT molecular complexity index is 598. The Morgan fingerprint density at radius 1 is 1.41 bits per heavy atom. The smallest absolute Gasteiger partial charge is 0.308 e. The lowest BCUT2D eigenvalue weighted by Crippen LogP contribution is -1.97. The number of halogens is 2. The van der Waals surface area contributed by atoms with Crippen LogP contribution in [0.1, 0.15) is 0 Å². The molecule has 7 nitrogen and oxygen atoms in total. The lowest BCUT2D eigenvalue weighted by atomic mass is 10.2. The van der Waals surface area contributed by atoms with Crippen molar-refractivity contribution in [2.24, 2.45) is 0 Å². The van der Waals surface area contributed by atoms with Gasteiger partial charge < -0.3 is 10.3 Å². The number of hydrogen-bond donors (Lipinski definition) is 1. The van der Waals surface area contributed by atoms with E-state index in [1.165, 1.54) is 0 Å². The van der Waals surface area contributed by atoms with Crippen LogP contribution in [-0.4, -0.2) is 15.1 Å². The van der Waals surface area contributed by atoms with E-state index in [1.54, 1.807) is 0 Å². The highest BCUT2D eigenvalue weighted by atomic mass is 19.1. The minimum Gasteiger partial charge on any atom is -0.365 e. The van der Waals surface area contributed by atoms with Gasteiger partial charge in [-0.2, -0.15) is 9.37 Å². The molecule has 0 radical (unpaired) electrons. The van der Waals surface area contributed by atoms with E-state index in [0.717, 1.165) is 0 Å². The van der Waals surface area contributed by atoms with Crippen molar-refractivity contribution in [1.29, 1.82) is 0 Å². The Morgan fingerprint density at radius 3 is 2.65 bits per heavy atom. The van der Waals surface area contributed by atoms with Crippen molar-refractivity contribution in [2.75, 3.05) is 5.73 Å². The first kappa shape index (κ1) is 10.9. The van der Waals surface area contributed by atoms with Crippen LogP contribution in [0, 0.1) is 21.7 Å². The first-order valence-electron chi connectivity index (χ1n) is 4.22. The minimum atomic E-state index is -1.26. The number of nitro benzene ring substituents is 1. The average Bonchev–Trinajstić information content (AvgIpc) is 2.67. The number of anilines is 1. The molecule has 0 atom stereocenters. The average molecular weight is 242 g/mol. The molecule has 0 saturated carbocycles. The van der Waals surface area contributed by atoms with E-state index in [-0.39, 0.29) is 5.95 Å². The standard InChI is InChI=1S/C8H4F2N4O3/c9-3-1-4(7-12-8(11)13-17-7)6(10)5(2-3)14(15)16/h1-2H,(H2,11,13). The second-order valence-corrected chi connectivity index (χ2v) is 3.00. The lowest BCUT2D eigenvalue weighted by molar-refractivity contribution is -0.387. The van der Waals surface area contributed by atoms with E-state index in [4.69, 9.17) is 5.73 Å². The normalized spacial score (nSPS) is 10.5. The summed E-state index contributed by atoms with van der Waals surface area (Å²) < 4.78 is 31.2. The summed E-state index contributed by atoms with van der Waals surface area (Å²) in [6.45, 7) is 0. The summed E-state index contributed by atoms with van der Waals surface area (Å²) in [4.78, 5) is 12.9. The molecule has 0 aliphatic carbocycles. The molecule has 0 spiro atoms. The molecule has 9 heteroatoms. The Hall–Kier alpha value is -2.58. The second-order valence-electron chi connectivity index (χ2n) is 3.00. The number of benzene rings is 1. The predicted octanol–water partition coefficient (Wildman–Crippen LogP) is 1.51. The topological polar surface area (TPSA) is 108 Å². The first-order chi connectivity index (χ1) is 7.99. The van der Waals surface area contributed by atoms with Crippen LogP contribution < -0.4 is 5.73 Å². The molecular weight excluding hydrogens is 238 g/mol. The zero-order chi connectivity index (χ0) is 12.6. The molecule has 2 rings (SSSR count). The minimum absolute atomic E-state index is 0.286. The van der Waals surface area contributed by atoms with Crippen molar-refractivity contribution < 1.29 is 18.2 Å². The number of rotatable bonds is 2. The fourth-order valence-corrected chi connectivity index (χ4v) is 1.21. The van der Waals surface area contributed by atoms with E-state index < -0.39 is 33.7 Å². The number of nitrogen functional groups attached to an aromatic ring is 1. The predicted molar refractivity (Wildman–Crippen MR) is 50.7 cm³/mol. The summed E-state index contributed by atoms with van der Waals surface area (Å²) in [5, 5.41) is 13.6. The molecular formula is C8H4F2N4O3. The Labute approximate surface area is 92.0 Å². The molecule has 0 aliphatic heterocycles. The van der Waals surface area contributed by atoms with Crippen LogP contribution in [0.4, 0.5) is 20.4 Å². The molecule has 2 aromatic rings. The van der Waals surface area contributed by atoms with Gasteiger partial charge in [0.2, 0.25) is 5.82 Å². The SMILES string of the molecule is Nc1noc(-c2cc(F)cc([N+](=O)[O-])c2F)n1. The molecule has 0 aliphatic rings.